The van der Waals surface area contributed by atoms with Gasteiger partial charge in [-0.15, -0.1) is 11.3 Å². The molecular weight excluding hydrogens is 386 g/mol. The molecule has 2 aromatic rings. The fourth-order valence-corrected chi connectivity index (χ4v) is 4.40. The molecule has 0 bridgehead atoms. The normalized spacial score (nSPS) is 11.6. The van der Waals surface area contributed by atoms with Crippen molar-refractivity contribution in [3.05, 3.63) is 44.7 Å². The summed E-state index contributed by atoms with van der Waals surface area (Å²) >= 11 is 10.2. The number of nitrogens with one attached hydrogen (secondary N) is 1. The highest BCUT2D eigenvalue weighted by Crippen LogP contribution is 2.28. The zero-order valence-electron chi connectivity index (χ0n) is 10.1. The topological polar surface area (TPSA) is 66.4 Å². The van der Waals surface area contributed by atoms with Gasteiger partial charge in [0, 0.05) is 22.4 Å². The molecule has 0 aliphatic heterocycles. The summed E-state index contributed by atoms with van der Waals surface area (Å²) in [6.07, 6.45) is 0.451. The van der Waals surface area contributed by atoms with Gasteiger partial charge in [0.25, 0.3) is 10.0 Å². The third-order valence-electron chi connectivity index (χ3n) is 2.43. The summed E-state index contributed by atoms with van der Waals surface area (Å²) < 4.78 is 27.7. The Kier molecular flexibility index (Phi) is 5.09. The van der Waals surface area contributed by atoms with Crippen LogP contribution in [0.2, 0.25) is 5.02 Å². The summed E-state index contributed by atoms with van der Waals surface area (Å²) in [5, 5.41) is 9.36. The fraction of sp³-hybridized carbons (Fsp3) is 0.167. The highest BCUT2D eigenvalue weighted by molar-refractivity contribution is 9.10. The number of hydrogen-bond acceptors (Lipinski definition) is 4. The molecule has 8 heteroatoms. The number of aliphatic hydroxyl groups is 1. The highest BCUT2D eigenvalue weighted by atomic mass is 79.9. The maximum atomic E-state index is 12.2. The maximum Gasteiger partial charge on any atom is 0.271 e. The van der Waals surface area contributed by atoms with Crippen molar-refractivity contribution in [2.45, 2.75) is 10.6 Å². The number of anilines is 1. The van der Waals surface area contributed by atoms with Crippen LogP contribution in [0, 0.1) is 0 Å². The first-order valence-electron chi connectivity index (χ1n) is 5.60. The van der Waals surface area contributed by atoms with Crippen LogP contribution in [0.15, 0.2) is 39.0 Å². The maximum absolute atomic E-state index is 12.2. The standard InChI is InChI=1S/C12H11BrClNO3S2/c13-10-7-8(1-3-11(10)14)15-20(17,18)12-4-2-9(19-12)5-6-16/h1-4,7,15-16H,5-6H2. The molecule has 2 rings (SSSR count). The molecule has 108 valence electrons. The second kappa shape index (κ2) is 6.44. The molecule has 0 radical (unpaired) electrons. The molecule has 1 heterocycles. The van der Waals surface area contributed by atoms with Gasteiger partial charge < -0.3 is 5.11 Å². The minimum atomic E-state index is -3.62. The SMILES string of the molecule is O=S(=O)(Nc1ccc(Cl)c(Br)c1)c1ccc(CCO)s1. The lowest BCUT2D eigenvalue weighted by Crippen LogP contribution is -2.11. The summed E-state index contributed by atoms with van der Waals surface area (Å²) in [7, 11) is -3.62. The summed E-state index contributed by atoms with van der Waals surface area (Å²) in [6, 6.07) is 8.03. The van der Waals surface area contributed by atoms with E-state index >= 15 is 0 Å². The van der Waals surface area contributed by atoms with Gasteiger partial charge in [-0.05, 0) is 46.3 Å². The average molecular weight is 397 g/mol. The van der Waals surface area contributed by atoms with Gasteiger partial charge in [0.1, 0.15) is 4.21 Å². The smallest absolute Gasteiger partial charge is 0.271 e. The summed E-state index contributed by atoms with van der Waals surface area (Å²) in [6.45, 7) is -0.00242. The van der Waals surface area contributed by atoms with E-state index < -0.39 is 10.0 Å². The van der Waals surface area contributed by atoms with Gasteiger partial charge in [-0.2, -0.15) is 0 Å². The molecule has 0 aliphatic carbocycles. The minimum absolute atomic E-state index is 0.00242. The van der Waals surface area contributed by atoms with E-state index in [0.717, 1.165) is 16.2 Å². The fourth-order valence-electron chi connectivity index (χ4n) is 1.51. The van der Waals surface area contributed by atoms with E-state index in [1.807, 2.05) is 0 Å². The number of sulfonamides is 1. The third-order valence-corrected chi connectivity index (χ3v) is 6.66. The first-order chi connectivity index (χ1) is 9.42. The first kappa shape index (κ1) is 15.8. The summed E-state index contributed by atoms with van der Waals surface area (Å²) in [5.74, 6) is 0. The van der Waals surface area contributed by atoms with Crippen LogP contribution in [0.3, 0.4) is 0 Å². The lowest BCUT2D eigenvalue weighted by Gasteiger charge is -2.07. The molecule has 0 saturated carbocycles. The van der Waals surface area contributed by atoms with Crippen molar-refractivity contribution in [3.8, 4) is 0 Å². The van der Waals surface area contributed by atoms with Gasteiger partial charge in [-0.1, -0.05) is 11.6 Å². The molecule has 4 nitrogen and oxygen atoms in total. The van der Waals surface area contributed by atoms with Crippen molar-refractivity contribution in [1.29, 1.82) is 0 Å². The number of rotatable bonds is 5. The molecule has 1 aromatic carbocycles. The molecule has 20 heavy (non-hydrogen) atoms. The number of thiophene rings is 1. The molecular formula is C12H11BrClNO3S2. The molecule has 0 aliphatic rings. The summed E-state index contributed by atoms with van der Waals surface area (Å²) in [5.41, 5.74) is 0.429. The molecule has 1 aromatic heterocycles. The minimum Gasteiger partial charge on any atom is -0.396 e. The van der Waals surface area contributed by atoms with Crippen molar-refractivity contribution >= 4 is 54.6 Å². The second-order valence-electron chi connectivity index (χ2n) is 3.93. The van der Waals surface area contributed by atoms with Crippen LogP contribution in [0.1, 0.15) is 4.88 Å². The molecule has 0 amide bonds. The molecule has 0 atom stereocenters. The van der Waals surface area contributed by atoms with Gasteiger partial charge in [0.2, 0.25) is 0 Å². The number of halogens is 2. The Morgan fingerprint density at radius 3 is 2.70 bits per heavy atom. The van der Waals surface area contributed by atoms with Gasteiger partial charge in [0.15, 0.2) is 0 Å². The lowest BCUT2D eigenvalue weighted by molar-refractivity contribution is 0.300. The number of benzene rings is 1. The molecule has 0 saturated heterocycles. The van der Waals surface area contributed by atoms with Crippen LogP contribution in [-0.2, 0) is 16.4 Å². The molecule has 0 spiro atoms. The van der Waals surface area contributed by atoms with E-state index in [9.17, 15) is 8.42 Å². The van der Waals surface area contributed by atoms with E-state index in [1.165, 1.54) is 6.07 Å². The van der Waals surface area contributed by atoms with E-state index in [2.05, 4.69) is 20.7 Å². The Morgan fingerprint density at radius 2 is 2.05 bits per heavy atom. The van der Waals surface area contributed by atoms with E-state index in [1.54, 1.807) is 24.3 Å². The quantitative estimate of drug-likeness (QED) is 0.813. The van der Waals surface area contributed by atoms with E-state index in [0.29, 0.717) is 21.6 Å². The van der Waals surface area contributed by atoms with Crippen LogP contribution < -0.4 is 4.72 Å². The van der Waals surface area contributed by atoms with Gasteiger partial charge in [-0.25, -0.2) is 8.42 Å². The van der Waals surface area contributed by atoms with Crippen LogP contribution >= 0.6 is 38.9 Å². The lowest BCUT2D eigenvalue weighted by atomic mass is 10.3. The third kappa shape index (κ3) is 3.73. The van der Waals surface area contributed by atoms with Gasteiger partial charge >= 0.3 is 0 Å². The van der Waals surface area contributed by atoms with E-state index in [4.69, 9.17) is 16.7 Å². The van der Waals surface area contributed by atoms with Crippen LogP contribution in [0.25, 0.3) is 0 Å². The van der Waals surface area contributed by atoms with Gasteiger partial charge in [-0.3, -0.25) is 4.72 Å². The summed E-state index contributed by atoms with van der Waals surface area (Å²) in [4.78, 5) is 0.824. The zero-order chi connectivity index (χ0) is 14.8. The number of hydrogen-bond donors (Lipinski definition) is 2. The predicted molar refractivity (Wildman–Crippen MR) is 85.1 cm³/mol. The Balaban J connectivity index is 2.23. The zero-order valence-corrected chi connectivity index (χ0v) is 14.1. The Labute approximate surface area is 134 Å². The van der Waals surface area contributed by atoms with Crippen LogP contribution in [0.4, 0.5) is 5.69 Å². The monoisotopic (exact) mass is 395 g/mol. The van der Waals surface area contributed by atoms with Crippen molar-refractivity contribution in [3.63, 3.8) is 0 Å². The van der Waals surface area contributed by atoms with Crippen LogP contribution in [0.5, 0.6) is 0 Å². The second-order valence-corrected chi connectivity index (χ2v) is 8.27. The Morgan fingerprint density at radius 1 is 1.30 bits per heavy atom. The highest BCUT2D eigenvalue weighted by Gasteiger charge is 2.17. The number of aliphatic hydroxyl groups excluding tert-OH is 1. The first-order valence-corrected chi connectivity index (χ1v) is 9.07. The predicted octanol–water partition coefficient (Wildman–Crippen LogP) is 3.50. The molecule has 0 unspecified atom stereocenters. The van der Waals surface area contributed by atoms with Gasteiger partial charge in [0.05, 0.1) is 10.7 Å². The Hall–Kier alpha value is -0.600. The van der Waals surface area contributed by atoms with E-state index in [-0.39, 0.29) is 10.8 Å². The Bertz CT molecular complexity index is 715. The average Bonchev–Trinajstić information content (AvgIpc) is 2.83. The van der Waals surface area contributed by atoms with Crippen molar-refractivity contribution < 1.29 is 13.5 Å². The largest absolute Gasteiger partial charge is 0.396 e. The molecule has 2 N–H and O–H groups in total. The molecule has 0 fully saturated rings. The van der Waals surface area contributed by atoms with Crippen molar-refractivity contribution in [2.75, 3.05) is 11.3 Å². The van der Waals surface area contributed by atoms with Crippen LogP contribution in [-0.4, -0.2) is 20.1 Å². The van der Waals surface area contributed by atoms with Crippen molar-refractivity contribution in [2.24, 2.45) is 0 Å². The van der Waals surface area contributed by atoms with Crippen molar-refractivity contribution in [1.82, 2.24) is 0 Å².